The van der Waals surface area contributed by atoms with Crippen LogP contribution in [0.1, 0.15) is 52.0 Å². The Morgan fingerprint density at radius 3 is 2.48 bits per heavy atom. The molecule has 1 aliphatic heterocycles. The summed E-state index contributed by atoms with van der Waals surface area (Å²) in [6.07, 6.45) is 6.19. The van der Waals surface area contributed by atoms with E-state index in [2.05, 4.69) is 22.1 Å². The van der Waals surface area contributed by atoms with Crippen molar-refractivity contribution >= 4 is 22.6 Å². The summed E-state index contributed by atoms with van der Waals surface area (Å²) in [5.41, 5.74) is 1.86. The first kappa shape index (κ1) is 20.3. The van der Waals surface area contributed by atoms with Crippen LogP contribution in [0.4, 0.5) is 10.5 Å². The molecule has 0 N–H and O–H groups in total. The second-order valence-electron chi connectivity index (χ2n) is 10.8. The van der Waals surface area contributed by atoms with Crippen LogP contribution in [0.3, 0.4) is 0 Å². The van der Waals surface area contributed by atoms with Crippen molar-refractivity contribution in [3.63, 3.8) is 0 Å². The van der Waals surface area contributed by atoms with Crippen molar-refractivity contribution in [3.05, 3.63) is 34.2 Å². The Labute approximate surface area is 183 Å². The average molecular weight is 425 g/mol. The number of aryl methyl sites for hydroxylation is 2. The molecule has 2 saturated carbocycles. The van der Waals surface area contributed by atoms with Crippen LogP contribution >= 0.6 is 0 Å². The Morgan fingerprint density at radius 1 is 1.19 bits per heavy atom. The Bertz CT molecular complexity index is 1100. The van der Waals surface area contributed by atoms with Crippen LogP contribution in [0.25, 0.3) is 10.8 Å². The van der Waals surface area contributed by atoms with Crippen LogP contribution in [0.2, 0.25) is 0 Å². The molecular formula is C24H32N4O3. The Balaban J connectivity index is 1.35. The topological polar surface area (TPSA) is 67.7 Å². The van der Waals surface area contributed by atoms with E-state index >= 15 is 0 Å². The van der Waals surface area contributed by atoms with E-state index in [9.17, 15) is 9.59 Å². The lowest BCUT2D eigenvalue weighted by Crippen LogP contribution is -2.68. The van der Waals surface area contributed by atoms with Gasteiger partial charge in [-0.1, -0.05) is 6.07 Å². The van der Waals surface area contributed by atoms with Gasteiger partial charge in [-0.2, -0.15) is 5.10 Å². The first-order valence-electron chi connectivity index (χ1n) is 11.3. The lowest BCUT2D eigenvalue weighted by molar-refractivity contribution is -0.0782. The van der Waals surface area contributed by atoms with E-state index in [1.54, 1.807) is 7.05 Å². The van der Waals surface area contributed by atoms with Crippen LogP contribution < -0.4 is 10.5 Å². The number of amides is 1. The van der Waals surface area contributed by atoms with Gasteiger partial charge in [-0.25, -0.2) is 9.48 Å². The van der Waals surface area contributed by atoms with Crippen molar-refractivity contribution in [2.24, 2.45) is 12.5 Å². The highest BCUT2D eigenvalue weighted by atomic mass is 16.6. The van der Waals surface area contributed by atoms with Gasteiger partial charge in [0.25, 0.3) is 5.56 Å². The second-order valence-corrected chi connectivity index (χ2v) is 10.8. The van der Waals surface area contributed by atoms with Gasteiger partial charge in [0.05, 0.1) is 11.6 Å². The van der Waals surface area contributed by atoms with E-state index in [1.165, 1.54) is 17.5 Å². The molecule has 1 aromatic carbocycles. The van der Waals surface area contributed by atoms with Gasteiger partial charge in [-0.15, -0.1) is 0 Å². The van der Waals surface area contributed by atoms with Crippen molar-refractivity contribution in [3.8, 4) is 0 Å². The van der Waals surface area contributed by atoms with Crippen molar-refractivity contribution in [2.75, 3.05) is 18.0 Å². The molecule has 0 bridgehead atoms. The van der Waals surface area contributed by atoms with Gasteiger partial charge in [0.15, 0.2) is 0 Å². The highest BCUT2D eigenvalue weighted by Crippen LogP contribution is 2.53. The molecule has 2 heterocycles. The maximum Gasteiger partial charge on any atom is 0.410 e. The summed E-state index contributed by atoms with van der Waals surface area (Å²) in [5.74, 6) is 0. The first-order valence-corrected chi connectivity index (χ1v) is 11.3. The lowest BCUT2D eigenvalue weighted by atomic mass is 9.60. The maximum atomic E-state index is 12.8. The van der Waals surface area contributed by atoms with E-state index in [0.29, 0.717) is 12.1 Å². The molecule has 0 unspecified atom stereocenters. The zero-order valence-electron chi connectivity index (χ0n) is 19.1. The molecular weight excluding hydrogens is 392 g/mol. The largest absolute Gasteiger partial charge is 0.444 e. The minimum Gasteiger partial charge on any atom is -0.444 e. The summed E-state index contributed by atoms with van der Waals surface area (Å²) >= 11 is 0. The number of likely N-dealkylation sites (tertiary alicyclic amines) is 1. The second kappa shape index (κ2) is 6.71. The molecule has 31 heavy (non-hydrogen) atoms. The smallest absolute Gasteiger partial charge is 0.410 e. The Kier molecular flexibility index (Phi) is 4.40. The Hall–Kier alpha value is -2.57. The highest BCUT2D eigenvalue weighted by molar-refractivity contribution is 5.95. The first-order chi connectivity index (χ1) is 14.6. The third-order valence-corrected chi connectivity index (χ3v) is 6.95. The predicted molar refractivity (Wildman–Crippen MR) is 120 cm³/mol. The van der Waals surface area contributed by atoms with Gasteiger partial charge in [-0.3, -0.25) is 4.79 Å². The number of carbonyl (C=O) groups excluding carboxylic acids is 1. The minimum atomic E-state index is -0.456. The quantitative estimate of drug-likeness (QED) is 0.753. The molecule has 1 spiro atoms. The monoisotopic (exact) mass is 424 g/mol. The number of rotatable bonds is 3. The minimum absolute atomic E-state index is 0.0373. The summed E-state index contributed by atoms with van der Waals surface area (Å²) < 4.78 is 6.93. The van der Waals surface area contributed by atoms with Crippen LogP contribution in [-0.2, 0) is 11.8 Å². The van der Waals surface area contributed by atoms with E-state index in [-0.39, 0.29) is 17.1 Å². The van der Waals surface area contributed by atoms with Crippen LogP contribution in [-0.4, -0.2) is 51.5 Å². The molecule has 7 nitrogen and oxygen atoms in total. The van der Waals surface area contributed by atoms with Crippen molar-refractivity contribution < 1.29 is 9.53 Å². The van der Waals surface area contributed by atoms with E-state index < -0.39 is 5.60 Å². The molecule has 3 fully saturated rings. The third-order valence-electron chi connectivity index (χ3n) is 6.95. The number of nitrogens with zero attached hydrogens (tertiary/aromatic N) is 4. The van der Waals surface area contributed by atoms with E-state index in [1.807, 2.05) is 38.8 Å². The zero-order chi connectivity index (χ0) is 22.1. The fraction of sp³-hybridized carbons (Fsp3) is 0.625. The molecule has 0 atom stereocenters. The molecule has 1 amide bonds. The molecule has 5 rings (SSSR count). The molecule has 1 saturated heterocycles. The molecule has 2 aromatic rings. The fourth-order valence-corrected chi connectivity index (χ4v) is 5.37. The Morgan fingerprint density at radius 2 is 1.87 bits per heavy atom. The van der Waals surface area contributed by atoms with Crippen molar-refractivity contribution in [1.29, 1.82) is 0 Å². The van der Waals surface area contributed by atoms with Gasteiger partial charge < -0.3 is 14.5 Å². The number of hydrogen-bond donors (Lipinski definition) is 0. The summed E-state index contributed by atoms with van der Waals surface area (Å²) in [7, 11) is 1.70. The van der Waals surface area contributed by atoms with Crippen molar-refractivity contribution in [2.45, 2.75) is 71.1 Å². The number of aromatic nitrogens is 2. The SMILES string of the molecule is Cc1ccc(N(C2CC2)C2CC3(C2)CN(C(=O)OC(C)(C)C)C3)c2cnn(C)c(=O)c12. The van der Waals surface area contributed by atoms with Gasteiger partial charge >= 0.3 is 6.09 Å². The number of benzene rings is 1. The van der Waals surface area contributed by atoms with Crippen LogP contribution in [0.15, 0.2) is 23.1 Å². The fourth-order valence-electron chi connectivity index (χ4n) is 5.37. The normalized spacial score (nSPS) is 20.5. The molecule has 166 valence electrons. The number of anilines is 1. The summed E-state index contributed by atoms with van der Waals surface area (Å²) in [6.45, 7) is 9.28. The maximum absolute atomic E-state index is 12.8. The summed E-state index contributed by atoms with van der Waals surface area (Å²) in [4.78, 5) is 29.4. The van der Waals surface area contributed by atoms with Crippen LogP contribution in [0, 0.1) is 12.3 Å². The summed E-state index contributed by atoms with van der Waals surface area (Å²) in [5, 5.41) is 6.04. The third kappa shape index (κ3) is 3.48. The molecule has 2 aliphatic carbocycles. The predicted octanol–water partition coefficient (Wildman–Crippen LogP) is 3.61. The average Bonchev–Trinajstić information content (AvgIpc) is 3.43. The van der Waals surface area contributed by atoms with Gasteiger partial charge in [-0.05, 0) is 65.0 Å². The van der Waals surface area contributed by atoms with E-state index in [4.69, 9.17) is 4.74 Å². The standard InChI is InChI=1S/C24H32N4O3/c1-15-6-9-19(18-12-25-26(5)21(29)20(15)18)28(16-7-8-16)17-10-24(11-17)13-27(14-24)22(30)31-23(2,3)4/h6,9,12,16-17H,7-8,10-11,13-14H2,1-5H3. The van der Waals surface area contributed by atoms with Crippen LogP contribution in [0.5, 0.6) is 0 Å². The molecule has 7 heteroatoms. The van der Waals surface area contributed by atoms with Gasteiger partial charge in [0.2, 0.25) is 0 Å². The molecule has 0 radical (unpaired) electrons. The molecule has 1 aromatic heterocycles. The number of hydrogen-bond acceptors (Lipinski definition) is 5. The van der Waals surface area contributed by atoms with Gasteiger partial charge in [0, 0.05) is 48.7 Å². The summed E-state index contributed by atoms with van der Waals surface area (Å²) in [6, 6.07) is 5.22. The zero-order valence-corrected chi connectivity index (χ0v) is 19.1. The van der Waals surface area contributed by atoms with E-state index in [0.717, 1.165) is 48.0 Å². The lowest BCUT2D eigenvalue weighted by Gasteiger charge is -2.61. The van der Waals surface area contributed by atoms with Crippen molar-refractivity contribution in [1.82, 2.24) is 14.7 Å². The van der Waals surface area contributed by atoms with Gasteiger partial charge in [0.1, 0.15) is 5.60 Å². The molecule has 3 aliphatic rings. The number of ether oxygens (including phenoxy) is 1. The highest BCUT2D eigenvalue weighted by Gasteiger charge is 2.57. The number of carbonyl (C=O) groups is 1. The number of fused-ring (bicyclic) bond motifs is 1.